The Balaban J connectivity index is 2.30. The van der Waals surface area contributed by atoms with Gasteiger partial charge in [0.25, 0.3) is 0 Å². The lowest BCUT2D eigenvalue weighted by molar-refractivity contribution is 0.103. The van der Waals surface area contributed by atoms with Gasteiger partial charge in [0.15, 0.2) is 5.78 Å². The van der Waals surface area contributed by atoms with E-state index in [0.29, 0.717) is 16.8 Å². The van der Waals surface area contributed by atoms with E-state index in [9.17, 15) is 4.79 Å². The zero-order valence-electron chi connectivity index (χ0n) is 12.6. The van der Waals surface area contributed by atoms with E-state index in [4.69, 9.17) is 5.73 Å². The van der Waals surface area contributed by atoms with Crippen LogP contribution in [-0.2, 0) is 5.41 Å². The van der Waals surface area contributed by atoms with Crippen LogP contribution in [0.1, 0.15) is 48.7 Å². The second-order valence-corrected chi connectivity index (χ2v) is 6.73. The van der Waals surface area contributed by atoms with E-state index in [2.05, 4.69) is 36.7 Å². The van der Waals surface area contributed by atoms with Crippen molar-refractivity contribution < 1.29 is 4.79 Å². The van der Waals surface area contributed by atoms with E-state index in [1.165, 1.54) is 5.56 Å². The molecule has 0 amide bonds. The summed E-state index contributed by atoms with van der Waals surface area (Å²) in [4.78, 5) is 12.5. The van der Waals surface area contributed by atoms with Crippen LogP contribution in [0.5, 0.6) is 0 Å². The lowest BCUT2D eigenvalue weighted by Gasteiger charge is -2.23. The number of nitrogen functional groups attached to an aromatic ring is 1. The Bertz CT molecular complexity index is 659. The highest BCUT2D eigenvalue weighted by molar-refractivity contribution is 9.10. The molecule has 2 N–H and O–H groups in total. The topological polar surface area (TPSA) is 43.1 Å². The summed E-state index contributed by atoms with van der Waals surface area (Å²) in [5.74, 6) is -0.00458. The number of hydrogen-bond acceptors (Lipinski definition) is 2. The molecule has 0 spiro atoms. The van der Waals surface area contributed by atoms with Gasteiger partial charge in [-0.1, -0.05) is 45.0 Å². The Morgan fingerprint density at radius 3 is 2.19 bits per heavy atom. The van der Waals surface area contributed by atoms with Gasteiger partial charge in [-0.2, -0.15) is 0 Å². The van der Waals surface area contributed by atoms with Crippen molar-refractivity contribution in [2.45, 2.75) is 32.6 Å². The summed E-state index contributed by atoms with van der Waals surface area (Å²) in [6.07, 6.45) is 1.06. The first-order chi connectivity index (χ1) is 9.85. The Morgan fingerprint density at radius 1 is 1.10 bits per heavy atom. The van der Waals surface area contributed by atoms with Gasteiger partial charge in [-0.15, -0.1) is 0 Å². The fourth-order valence-electron chi connectivity index (χ4n) is 2.13. The predicted molar refractivity (Wildman–Crippen MR) is 91.7 cm³/mol. The third-order valence-electron chi connectivity index (χ3n) is 4.07. The molecule has 0 atom stereocenters. The largest absolute Gasteiger partial charge is 0.398 e. The lowest BCUT2D eigenvalue weighted by Crippen LogP contribution is -2.15. The molecule has 0 unspecified atom stereocenters. The van der Waals surface area contributed by atoms with Crippen molar-refractivity contribution in [3.63, 3.8) is 0 Å². The van der Waals surface area contributed by atoms with Crippen molar-refractivity contribution in [3.05, 3.63) is 63.6 Å². The zero-order valence-corrected chi connectivity index (χ0v) is 14.2. The third-order valence-corrected chi connectivity index (χ3v) is 4.79. The van der Waals surface area contributed by atoms with Gasteiger partial charge >= 0.3 is 0 Å². The first-order valence-corrected chi connectivity index (χ1v) is 7.84. The summed E-state index contributed by atoms with van der Waals surface area (Å²) in [5, 5.41) is 0. The molecule has 0 bridgehead atoms. The lowest BCUT2D eigenvalue weighted by atomic mass is 9.82. The van der Waals surface area contributed by atoms with Gasteiger partial charge in [-0.3, -0.25) is 4.79 Å². The van der Waals surface area contributed by atoms with E-state index in [0.717, 1.165) is 10.9 Å². The highest BCUT2D eigenvalue weighted by Crippen LogP contribution is 2.27. The van der Waals surface area contributed by atoms with E-state index in [1.54, 1.807) is 18.2 Å². The molecule has 2 rings (SSSR count). The minimum atomic E-state index is -0.00458. The summed E-state index contributed by atoms with van der Waals surface area (Å²) in [5.41, 5.74) is 9.08. The maximum absolute atomic E-state index is 12.5. The van der Waals surface area contributed by atoms with Gasteiger partial charge in [0.05, 0.1) is 0 Å². The Labute approximate surface area is 134 Å². The average molecular weight is 346 g/mol. The number of halogens is 1. The fourth-order valence-corrected chi connectivity index (χ4v) is 2.38. The summed E-state index contributed by atoms with van der Waals surface area (Å²) < 4.78 is 0.805. The molecule has 0 aliphatic carbocycles. The average Bonchev–Trinajstić information content (AvgIpc) is 2.49. The second-order valence-electron chi connectivity index (χ2n) is 5.88. The standard InChI is InChI=1S/C18H20BrNO/c1-4-18(2,3)14-8-5-12(6-9-14)17(21)13-7-10-15(19)16(20)11-13/h5-11H,4,20H2,1-3H3. The van der Waals surface area contributed by atoms with Crippen molar-refractivity contribution in [2.24, 2.45) is 0 Å². The number of carbonyl (C=O) groups excluding carboxylic acids is 1. The molecule has 3 heteroatoms. The summed E-state index contributed by atoms with van der Waals surface area (Å²) in [7, 11) is 0. The van der Waals surface area contributed by atoms with Crippen LogP contribution < -0.4 is 5.73 Å². The molecule has 0 aliphatic rings. The van der Waals surface area contributed by atoms with E-state index < -0.39 is 0 Å². The first-order valence-electron chi connectivity index (χ1n) is 7.05. The smallest absolute Gasteiger partial charge is 0.193 e. The molecule has 0 heterocycles. The normalized spacial score (nSPS) is 11.4. The molecule has 2 nitrogen and oxygen atoms in total. The van der Waals surface area contributed by atoms with Crippen LogP contribution in [-0.4, -0.2) is 5.78 Å². The molecule has 110 valence electrons. The predicted octanol–water partition coefficient (Wildman–Crippen LogP) is 4.95. The number of anilines is 1. The number of nitrogens with two attached hydrogens (primary N) is 1. The van der Waals surface area contributed by atoms with Crippen LogP contribution in [0.3, 0.4) is 0 Å². The fraction of sp³-hybridized carbons (Fsp3) is 0.278. The monoisotopic (exact) mass is 345 g/mol. The minimum Gasteiger partial charge on any atom is -0.398 e. The number of carbonyl (C=O) groups is 1. The van der Waals surface area contributed by atoms with Gasteiger partial charge in [-0.05, 0) is 51.5 Å². The quantitative estimate of drug-likeness (QED) is 0.629. The van der Waals surface area contributed by atoms with Crippen LogP contribution in [0.4, 0.5) is 5.69 Å². The molecule has 0 fully saturated rings. The summed E-state index contributed by atoms with van der Waals surface area (Å²) in [6, 6.07) is 13.2. The van der Waals surface area contributed by atoms with Gasteiger partial charge in [0.2, 0.25) is 0 Å². The molecule has 0 aromatic heterocycles. The van der Waals surface area contributed by atoms with Crippen LogP contribution in [0.2, 0.25) is 0 Å². The number of hydrogen-bond donors (Lipinski definition) is 1. The first kappa shape index (κ1) is 15.8. The minimum absolute atomic E-state index is 0.00458. The van der Waals surface area contributed by atoms with Crippen LogP contribution in [0.15, 0.2) is 46.9 Å². The van der Waals surface area contributed by atoms with Crippen molar-refractivity contribution in [1.29, 1.82) is 0 Å². The van der Waals surface area contributed by atoms with E-state index in [-0.39, 0.29) is 11.2 Å². The highest BCUT2D eigenvalue weighted by Gasteiger charge is 2.18. The number of ketones is 1. The second kappa shape index (κ2) is 6.02. The van der Waals surface area contributed by atoms with Crippen molar-refractivity contribution >= 4 is 27.4 Å². The van der Waals surface area contributed by atoms with E-state index >= 15 is 0 Å². The molecule has 21 heavy (non-hydrogen) atoms. The molecule has 2 aromatic carbocycles. The van der Waals surface area contributed by atoms with Gasteiger partial charge in [0, 0.05) is 21.3 Å². The number of benzene rings is 2. The van der Waals surface area contributed by atoms with Gasteiger partial charge in [0.1, 0.15) is 0 Å². The molecule has 2 aromatic rings. The Hall–Kier alpha value is -1.61. The van der Waals surface area contributed by atoms with Crippen molar-refractivity contribution in [3.8, 4) is 0 Å². The third kappa shape index (κ3) is 3.35. The Kier molecular flexibility index (Phi) is 4.52. The van der Waals surface area contributed by atoms with Gasteiger partial charge in [-0.25, -0.2) is 0 Å². The van der Waals surface area contributed by atoms with Crippen LogP contribution >= 0.6 is 15.9 Å². The Morgan fingerprint density at radius 2 is 1.67 bits per heavy atom. The molecular formula is C18H20BrNO. The van der Waals surface area contributed by atoms with Crippen LogP contribution in [0.25, 0.3) is 0 Å². The maximum atomic E-state index is 12.5. The number of rotatable bonds is 4. The van der Waals surface area contributed by atoms with Crippen molar-refractivity contribution in [2.75, 3.05) is 5.73 Å². The molecule has 0 saturated heterocycles. The van der Waals surface area contributed by atoms with Gasteiger partial charge < -0.3 is 5.73 Å². The summed E-state index contributed by atoms with van der Waals surface area (Å²) >= 11 is 3.34. The zero-order chi connectivity index (χ0) is 15.6. The highest BCUT2D eigenvalue weighted by atomic mass is 79.9. The maximum Gasteiger partial charge on any atom is 0.193 e. The molecular weight excluding hydrogens is 326 g/mol. The summed E-state index contributed by atoms with van der Waals surface area (Å²) in [6.45, 7) is 6.59. The SMILES string of the molecule is CCC(C)(C)c1ccc(C(=O)c2ccc(Br)c(N)c2)cc1. The molecule has 0 saturated carbocycles. The van der Waals surface area contributed by atoms with E-state index in [1.807, 2.05) is 24.3 Å². The molecule has 0 aliphatic heterocycles. The van der Waals surface area contributed by atoms with Crippen LogP contribution in [0, 0.1) is 0 Å². The molecule has 0 radical (unpaired) electrons. The van der Waals surface area contributed by atoms with Crippen molar-refractivity contribution in [1.82, 2.24) is 0 Å².